The predicted molar refractivity (Wildman–Crippen MR) is 55.8 cm³/mol. The summed E-state index contributed by atoms with van der Waals surface area (Å²) in [7, 11) is 0. The van der Waals surface area contributed by atoms with Crippen LogP contribution in [-0.4, -0.2) is 5.33 Å². The minimum absolute atomic E-state index is 0.473. The minimum atomic E-state index is 0.473. The molecule has 64 valence electrons. The largest absolute Gasteiger partial charge is 0.0918 e. The number of rotatable bonds is 2. The number of halogens is 1. The van der Waals surface area contributed by atoms with Crippen molar-refractivity contribution >= 4 is 15.9 Å². The Kier molecular flexibility index (Phi) is 2.22. The quantitative estimate of drug-likeness (QED) is 0.675. The first-order chi connectivity index (χ1) is 5.87. The van der Waals surface area contributed by atoms with Crippen molar-refractivity contribution in [3.63, 3.8) is 0 Å². The van der Waals surface area contributed by atoms with Gasteiger partial charge in [0, 0.05) is 10.7 Å². The molecule has 12 heavy (non-hydrogen) atoms. The van der Waals surface area contributed by atoms with Crippen molar-refractivity contribution in [3.8, 4) is 0 Å². The van der Waals surface area contributed by atoms with E-state index in [-0.39, 0.29) is 0 Å². The maximum absolute atomic E-state index is 3.62. The summed E-state index contributed by atoms with van der Waals surface area (Å²) in [5.74, 6) is 0. The van der Waals surface area contributed by atoms with Gasteiger partial charge in [-0.25, -0.2) is 0 Å². The van der Waals surface area contributed by atoms with Gasteiger partial charge < -0.3 is 0 Å². The molecular weight excluding hydrogens is 212 g/mol. The zero-order valence-electron chi connectivity index (χ0n) is 7.09. The second-order valence-electron chi connectivity index (χ2n) is 3.63. The SMILES string of the molecule is BrCC1(c2ccccc2)CCC1. The van der Waals surface area contributed by atoms with Gasteiger partial charge in [0.15, 0.2) is 0 Å². The monoisotopic (exact) mass is 224 g/mol. The van der Waals surface area contributed by atoms with Gasteiger partial charge in [-0.2, -0.15) is 0 Å². The molecule has 0 amide bonds. The van der Waals surface area contributed by atoms with Crippen LogP contribution in [0.4, 0.5) is 0 Å². The molecule has 0 heterocycles. The van der Waals surface area contributed by atoms with E-state index in [2.05, 4.69) is 46.3 Å². The summed E-state index contributed by atoms with van der Waals surface area (Å²) in [6.45, 7) is 0. The lowest BCUT2D eigenvalue weighted by molar-refractivity contribution is 0.281. The Labute approximate surface area is 82.1 Å². The number of hydrogen-bond acceptors (Lipinski definition) is 0. The fourth-order valence-corrected chi connectivity index (χ4v) is 2.78. The van der Waals surface area contributed by atoms with Crippen LogP contribution in [0, 0.1) is 0 Å². The third-order valence-electron chi connectivity index (χ3n) is 2.95. The zero-order chi connectivity index (χ0) is 8.44. The van der Waals surface area contributed by atoms with Crippen molar-refractivity contribution in [1.82, 2.24) is 0 Å². The third kappa shape index (κ3) is 1.20. The van der Waals surface area contributed by atoms with Gasteiger partial charge in [0.1, 0.15) is 0 Å². The predicted octanol–water partition coefficient (Wildman–Crippen LogP) is 3.50. The van der Waals surface area contributed by atoms with Crippen molar-refractivity contribution in [2.75, 3.05) is 5.33 Å². The maximum atomic E-state index is 3.62. The molecule has 0 nitrogen and oxygen atoms in total. The van der Waals surface area contributed by atoms with Gasteiger partial charge in [0.05, 0.1) is 0 Å². The second-order valence-corrected chi connectivity index (χ2v) is 4.19. The molecule has 0 bridgehead atoms. The Morgan fingerprint density at radius 2 is 1.83 bits per heavy atom. The molecule has 1 aromatic rings. The molecule has 1 fully saturated rings. The van der Waals surface area contributed by atoms with Gasteiger partial charge in [-0.1, -0.05) is 52.7 Å². The van der Waals surface area contributed by atoms with Crippen LogP contribution in [0.1, 0.15) is 24.8 Å². The molecule has 1 saturated carbocycles. The highest BCUT2D eigenvalue weighted by Crippen LogP contribution is 2.44. The highest BCUT2D eigenvalue weighted by molar-refractivity contribution is 9.09. The first kappa shape index (κ1) is 8.31. The molecular formula is C11H13Br. The molecule has 1 aliphatic rings. The molecule has 0 aromatic heterocycles. The van der Waals surface area contributed by atoms with Gasteiger partial charge in [-0.05, 0) is 18.4 Å². The van der Waals surface area contributed by atoms with Gasteiger partial charge in [-0.15, -0.1) is 0 Å². The van der Waals surface area contributed by atoms with Gasteiger partial charge in [-0.3, -0.25) is 0 Å². The van der Waals surface area contributed by atoms with E-state index in [9.17, 15) is 0 Å². The smallest absolute Gasteiger partial charge is 0.0129 e. The van der Waals surface area contributed by atoms with Gasteiger partial charge >= 0.3 is 0 Å². The molecule has 0 atom stereocenters. The summed E-state index contributed by atoms with van der Waals surface area (Å²) >= 11 is 3.62. The average molecular weight is 225 g/mol. The van der Waals surface area contributed by atoms with Crippen molar-refractivity contribution < 1.29 is 0 Å². The normalized spacial score (nSPS) is 20.1. The molecule has 0 radical (unpaired) electrons. The highest BCUT2D eigenvalue weighted by Gasteiger charge is 2.37. The Hall–Kier alpha value is -0.300. The lowest BCUT2D eigenvalue weighted by atomic mass is 9.66. The molecule has 1 heteroatoms. The molecule has 0 N–H and O–H groups in total. The van der Waals surface area contributed by atoms with Crippen LogP contribution in [0.2, 0.25) is 0 Å². The third-order valence-corrected chi connectivity index (χ3v) is 4.03. The van der Waals surface area contributed by atoms with Crippen molar-refractivity contribution in [3.05, 3.63) is 35.9 Å². The van der Waals surface area contributed by atoms with E-state index in [1.54, 1.807) is 0 Å². The summed E-state index contributed by atoms with van der Waals surface area (Å²) in [5.41, 5.74) is 1.98. The lowest BCUT2D eigenvalue weighted by Gasteiger charge is -2.41. The van der Waals surface area contributed by atoms with E-state index in [4.69, 9.17) is 0 Å². The molecule has 0 aliphatic heterocycles. The van der Waals surface area contributed by atoms with E-state index in [0.29, 0.717) is 5.41 Å². The molecule has 1 aromatic carbocycles. The topological polar surface area (TPSA) is 0 Å². The highest BCUT2D eigenvalue weighted by atomic mass is 79.9. The number of hydrogen-bond donors (Lipinski definition) is 0. The molecule has 0 unspecified atom stereocenters. The van der Waals surface area contributed by atoms with Crippen LogP contribution in [0.5, 0.6) is 0 Å². The van der Waals surface area contributed by atoms with E-state index in [0.717, 1.165) is 5.33 Å². The molecule has 0 saturated heterocycles. The Balaban J connectivity index is 2.28. The van der Waals surface area contributed by atoms with E-state index in [1.165, 1.54) is 24.8 Å². The van der Waals surface area contributed by atoms with E-state index >= 15 is 0 Å². The summed E-state index contributed by atoms with van der Waals surface area (Å²) in [4.78, 5) is 0. The molecule has 2 rings (SSSR count). The second kappa shape index (κ2) is 3.21. The van der Waals surface area contributed by atoms with E-state index < -0.39 is 0 Å². The van der Waals surface area contributed by atoms with Crippen LogP contribution in [-0.2, 0) is 5.41 Å². The summed E-state index contributed by atoms with van der Waals surface area (Å²) in [5, 5.41) is 1.12. The Morgan fingerprint density at radius 3 is 2.25 bits per heavy atom. The first-order valence-corrected chi connectivity index (χ1v) is 5.61. The van der Waals surface area contributed by atoms with Crippen LogP contribution < -0.4 is 0 Å². The standard InChI is InChI=1S/C11H13Br/c12-9-11(7-4-8-11)10-5-2-1-3-6-10/h1-3,5-6H,4,7-9H2. The van der Waals surface area contributed by atoms with Crippen LogP contribution in [0.15, 0.2) is 30.3 Å². The summed E-state index contributed by atoms with van der Waals surface area (Å²) < 4.78 is 0. The van der Waals surface area contributed by atoms with Crippen molar-refractivity contribution in [2.45, 2.75) is 24.7 Å². The fraction of sp³-hybridized carbons (Fsp3) is 0.455. The fourth-order valence-electron chi connectivity index (χ4n) is 1.89. The van der Waals surface area contributed by atoms with Crippen molar-refractivity contribution in [1.29, 1.82) is 0 Å². The zero-order valence-corrected chi connectivity index (χ0v) is 8.68. The number of alkyl halides is 1. The maximum Gasteiger partial charge on any atom is 0.0129 e. The lowest BCUT2D eigenvalue weighted by Crippen LogP contribution is -2.35. The van der Waals surface area contributed by atoms with Gasteiger partial charge in [0.2, 0.25) is 0 Å². The van der Waals surface area contributed by atoms with Gasteiger partial charge in [0.25, 0.3) is 0 Å². The summed E-state index contributed by atoms with van der Waals surface area (Å²) in [6, 6.07) is 10.9. The first-order valence-electron chi connectivity index (χ1n) is 4.49. The van der Waals surface area contributed by atoms with E-state index in [1.807, 2.05) is 0 Å². The van der Waals surface area contributed by atoms with Crippen LogP contribution >= 0.6 is 15.9 Å². The number of benzene rings is 1. The average Bonchev–Trinajstić information content (AvgIpc) is 2.05. The minimum Gasteiger partial charge on any atom is -0.0918 e. The Bertz CT molecular complexity index is 243. The molecule has 0 spiro atoms. The van der Waals surface area contributed by atoms with Crippen molar-refractivity contribution in [2.24, 2.45) is 0 Å². The summed E-state index contributed by atoms with van der Waals surface area (Å²) in [6.07, 6.45) is 4.09. The molecule has 1 aliphatic carbocycles. The van der Waals surface area contributed by atoms with Crippen LogP contribution in [0.3, 0.4) is 0 Å². The van der Waals surface area contributed by atoms with Crippen LogP contribution in [0.25, 0.3) is 0 Å². The Morgan fingerprint density at radius 1 is 1.17 bits per heavy atom.